The summed E-state index contributed by atoms with van der Waals surface area (Å²) in [4.78, 5) is 50.0. The molecule has 3 aromatic rings. The van der Waals surface area contributed by atoms with Crippen LogP contribution in [0.25, 0.3) is 0 Å². The van der Waals surface area contributed by atoms with Gasteiger partial charge in [-0.1, -0.05) is 77.8 Å². The molecule has 0 aromatic heterocycles. The average molecular weight is 611 g/mol. The lowest BCUT2D eigenvalue weighted by Crippen LogP contribution is -2.52. The largest absolute Gasteiger partial charge is 0.444 e. The lowest BCUT2D eigenvalue weighted by atomic mass is 9.78. The molecule has 0 spiro atoms. The van der Waals surface area contributed by atoms with Gasteiger partial charge in [-0.15, -0.1) is 0 Å². The van der Waals surface area contributed by atoms with Crippen molar-refractivity contribution in [3.63, 3.8) is 0 Å². The van der Waals surface area contributed by atoms with E-state index in [0.717, 1.165) is 5.56 Å². The summed E-state index contributed by atoms with van der Waals surface area (Å²) in [5, 5.41) is 0.761. The maximum atomic E-state index is 14.2. The highest BCUT2D eigenvalue weighted by Gasteiger charge is 2.49. The summed E-state index contributed by atoms with van der Waals surface area (Å²) in [5.41, 5.74) is 4.41. The van der Waals surface area contributed by atoms with Crippen LogP contribution in [0, 0.1) is 0 Å². The Morgan fingerprint density at radius 2 is 1.69 bits per heavy atom. The monoisotopic (exact) mass is 609 g/mol. The molecule has 0 radical (unpaired) electrons. The van der Waals surface area contributed by atoms with Crippen LogP contribution >= 0.6 is 23.2 Å². The number of amides is 3. The van der Waals surface area contributed by atoms with Gasteiger partial charge in [0.1, 0.15) is 5.60 Å². The highest BCUT2D eigenvalue weighted by molar-refractivity contribution is 6.35. The Morgan fingerprint density at radius 3 is 2.40 bits per heavy atom. The van der Waals surface area contributed by atoms with Crippen LogP contribution in [0.15, 0.2) is 72.8 Å². The lowest BCUT2D eigenvalue weighted by molar-refractivity contribution is -0.138. The van der Waals surface area contributed by atoms with Crippen LogP contribution in [0.4, 0.5) is 4.79 Å². The van der Waals surface area contributed by atoms with Crippen molar-refractivity contribution in [3.8, 4) is 0 Å². The molecular formula is C32H33Cl2N3O5. The Bertz CT molecular complexity index is 1480. The van der Waals surface area contributed by atoms with Crippen LogP contribution in [-0.2, 0) is 21.0 Å². The van der Waals surface area contributed by atoms with Gasteiger partial charge in [0, 0.05) is 28.7 Å². The predicted octanol–water partition coefficient (Wildman–Crippen LogP) is 6.53. The molecule has 8 nitrogen and oxygen atoms in total. The van der Waals surface area contributed by atoms with Crippen LogP contribution in [0.1, 0.15) is 66.2 Å². The Morgan fingerprint density at radius 1 is 0.976 bits per heavy atom. The molecule has 220 valence electrons. The minimum Gasteiger partial charge on any atom is -0.444 e. The van der Waals surface area contributed by atoms with E-state index in [0.29, 0.717) is 39.7 Å². The molecule has 1 fully saturated rings. The summed E-state index contributed by atoms with van der Waals surface area (Å²) in [5.74, 6) is -1.52. The molecule has 0 bridgehead atoms. The number of nitrogens with zero attached hydrogens (tertiary/aromatic N) is 2. The van der Waals surface area contributed by atoms with Gasteiger partial charge in [-0.05, 0) is 62.1 Å². The maximum Gasteiger partial charge on any atom is 0.410 e. The normalized spacial score (nSPS) is 20.3. The number of hydrogen-bond donors (Lipinski definition) is 1. The van der Waals surface area contributed by atoms with Gasteiger partial charge in [0.15, 0.2) is 0 Å². The van der Waals surface area contributed by atoms with Crippen LogP contribution < -0.4 is 5.48 Å². The van der Waals surface area contributed by atoms with E-state index >= 15 is 0 Å². The van der Waals surface area contributed by atoms with Gasteiger partial charge in [0.25, 0.3) is 11.8 Å². The van der Waals surface area contributed by atoms with Crippen molar-refractivity contribution in [2.45, 2.75) is 57.4 Å². The molecule has 5 rings (SSSR count). The fourth-order valence-electron chi connectivity index (χ4n) is 5.60. The lowest BCUT2D eigenvalue weighted by Gasteiger charge is -2.44. The van der Waals surface area contributed by atoms with E-state index in [-0.39, 0.29) is 19.1 Å². The van der Waals surface area contributed by atoms with E-state index in [1.165, 1.54) is 0 Å². The van der Waals surface area contributed by atoms with Gasteiger partial charge in [0.2, 0.25) is 0 Å². The number of carbonyl (C=O) groups is 3. The molecule has 3 aromatic carbocycles. The minimum absolute atomic E-state index is 0.170. The molecule has 2 aliphatic rings. The number of halogens is 2. The van der Waals surface area contributed by atoms with E-state index in [1.807, 2.05) is 51.1 Å². The molecule has 10 heteroatoms. The molecule has 42 heavy (non-hydrogen) atoms. The fourth-order valence-corrected chi connectivity index (χ4v) is 6.12. The number of hydrogen-bond acceptors (Lipinski definition) is 5. The zero-order valence-corrected chi connectivity index (χ0v) is 25.2. The third kappa shape index (κ3) is 6.41. The first-order valence-corrected chi connectivity index (χ1v) is 14.6. The Balaban J connectivity index is 1.52. The molecule has 3 amide bonds. The maximum absolute atomic E-state index is 14.2. The van der Waals surface area contributed by atoms with Crippen molar-refractivity contribution in [3.05, 3.63) is 105 Å². The molecule has 3 atom stereocenters. The number of fused-ring (bicyclic) bond motifs is 1. The van der Waals surface area contributed by atoms with Crippen LogP contribution in [0.2, 0.25) is 10.0 Å². The highest BCUT2D eigenvalue weighted by Crippen LogP contribution is 2.47. The number of rotatable bonds is 6. The molecule has 0 aliphatic carbocycles. The van der Waals surface area contributed by atoms with Crippen molar-refractivity contribution in [2.75, 3.05) is 13.1 Å². The van der Waals surface area contributed by atoms with E-state index < -0.39 is 35.6 Å². The summed E-state index contributed by atoms with van der Waals surface area (Å²) in [6.07, 6.45) is 0.0628. The topological polar surface area (TPSA) is 88.2 Å². The molecule has 0 saturated carbocycles. The summed E-state index contributed by atoms with van der Waals surface area (Å²) in [6, 6.07) is 20.4. The number of likely N-dealkylation sites (tertiary alicyclic amines) is 1. The van der Waals surface area contributed by atoms with Gasteiger partial charge in [-0.2, -0.15) is 0 Å². The summed E-state index contributed by atoms with van der Waals surface area (Å²) in [7, 11) is 0. The highest BCUT2D eigenvalue weighted by atomic mass is 35.5. The first-order valence-electron chi connectivity index (χ1n) is 13.8. The second kappa shape index (κ2) is 12.3. The summed E-state index contributed by atoms with van der Waals surface area (Å²) in [6.45, 7) is 6.26. The van der Waals surface area contributed by atoms with Crippen LogP contribution in [0.3, 0.4) is 0 Å². The van der Waals surface area contributed by atoms with Gasteiger partial charge >= 0.3 is 6.09 Å². The minimum atomic E-state index is -0.857. The van der Waals surface area contributed by atoms with E-state index in [9.17, 15) is 14.4 Å². The molecule has 1 N–H and O–H groups in total. The van der Waals surface area contributed by atoms with Crippen molar-refractivity contribution in [1.29, 1.82) is 0 Å². The number of nitrogens with one attached hydrogen (secondary N) is 1. The average Bonchev–Trinajstić information content (AvgIpc) is 3.43. The van der Waals surface area contributed by atoms with Gasteiger partial charge in [0.05, 0.1) is 24.6 Å². The third-order valence-corrected chi connectivity index (χ3v) is 7.97. The predicted molar refractivity (Wildman–Crippen MR) is 160 cm³/mol. The Hall–Kier alpha value is -3.59. The summed E-state index contributed by atoms with van der Waals surface area (Å²) < 4.78 is 5.59. The Labute approximate surface area is 255 Å². The first-order chi connectivity index (χ1) is 20.0. The van der Waals surface area contributed by atoms with Crippen molar-refractivity contribution >= 4 is 41.1 Å². The van der Waals surface area contributed by atoms with Crippen LogP contribution in [0.5, 0.6) is 0 Å². The smallest absolute Gasteiger partial charge is 0.410 e. The molecule has 1 saturated heterocycles. The van der Waals surface area contributed by atoms with E-state index in [2.05, 4.69) is 5.48 Å². The summed E-state index contributed by atoms with van der Waals surface area (Å²) >= 11 is 13.0. The second-order valence-electron chi connectivity index (χ2n) is 11.5. The zero-order valence-electron chi connectivity index (χ0n) is 23.7. The quantitative estimate of drug-likeness (QED) is 0.321. The van der Waals surface area contributed by atoms with Gasteiger partial charge < -0.3 is 14.5 Å². The SMILES string of the molecule is CC(C)(C)OC(=O)N1CC[C@@H](N2C(=O)c3ccccc3C(C(=O)NOCc3ccccc3)C2c2ccc(Cl)cc2Cl)C1. The third-order valence-electron chi connectivity index (χ3n) is 7.40. The number of benzene rings is 3. The fraction of sp³-hybridized carbons (Fsp3) is 0.344. The van der Waals surface area contributed by atoms with Gasteiger partial charge in [-0.25, -0.2) is 10.3 Å². The van der Waals surface area contributed by atoms with Crippen molar-refractivity contribution < 1.29 is 24.0 Å². The standard InChI is InChI=1S/C32H33Cl2N3O5/c1-32(2,3)42-31(40)36-16-15-22(18-36)37-28(25-14-13-21(33)17-26(25)34)27(23-11-7-8-12-24(23)30(37)39)29(38)35-41-19-20-9-5-4-6-10-20/h4-14,17,22,27-28H,15-16,18-19H2,1-3H3,(H,35,38)/t22-,27?,28?/m1/s1. The number of hydroxylamine groups is 1. The molecule has 2 aliphatic heterocycles. The molecule has 2 unspecified atom stereocenters. The second-order valence-corrected chi connectivity index (χ2v) is 12.3. The Kier molecular flexibility index (Phi) is 8.78. The molecule has 2 heterocycles. The van der Waals surface area contributed by atoms with E-state index in [4.69, 9.17) is 32.8 Å². The first kappa shape index (κ1) is 29.9. The van der Waals surface area contributed by atoms with Crippen LogP contribution in [-0.4, -0.2) is 52.4 Å². The van der Waals surface area contributed by atoms with Crippen molar-refractivity contribution in [1.82, 2.24) is 15.3 Å². The van der Waals surface area contributed by atoms with E-state index in [1.54, 1.807) is 52.3 Å². The zero-order chi connectivity index (χ0) is 30.0. The van der Waals surface area contributed by atoms with Crippen molar-refractivity contribution in [2.24, 2.45) is 0 Å². The van der Waals surface area contributed by atoms with Gasteiger partial charge in [-0.3, -0.25) is 14.4 Å². The number of ether oxygens (including phenoxy) is 1. The molecular weight excluding hydrogens is 577 g/mol. The number of carbonyl (C=O) groups excluding carboxylic acids is 3.